The SMILES string of the molecule is CC(C)C(N)c1ncccc1Br. The maximum atomic E-state index is 5.95. The molecule has 1 aromatic rings. The Morgan fingerprint density at radius 2 is 2.17 bits per heavy atom. The molecule has 0 aliphatic rings. The number of nitrogens with zero attached hydrogens (tertiary/aromatic N) is 1. The van der Waals surface area contributed by atoms with Crippen LogP contribution in [0.5, 0.6) is 0 Å². The van der Waals surface area contributed by atoms with Crippen LogP contribution < -0.4 is 5.73 Å². The number of pyridine rings is 1. The van der Waals surface area contributed by atoms with Crippen molar-refractivity contribution in [3.05, 3.63) is 28.5 Å². The summed E-state index contributed by atoms with van der Waals surface area (Å²) in [4.78, 5) is 4.23. The fraction of sp³-hybridized carbons (Fsp3) is 0.444. The van der Waals surface area contributed by atoms with Crippen molar-refractivity contribution >= 4 is 15.9 Å². The second-order valence-corrected chi connectivity index (χ2v) is 3.99. The average Bonchev–Trinajstić information content (AvgIpc) is 2.04. The van der Waals surface area contributed by atoms with Crippen molar-refractivity contribution < 1.29 is 0 Å². The number of hydrogen-bond donors (Lipinski definition) is 1. The van der Waals surface area contributed by atoms with Gasteiger partial charge in [0, 0.05) is 10.7 Å². The number of halogens is 1. The van der Waals surface area contributed by atoms with Crippen LogP contribution in [-0.2, 0) is 0 Å². The minimum absolute atomic E-state index is 0.0144. The summed E-state index contributed by atoms with van der Waals surface area (Å²) in [6.07, 6.45) is 1.77. The van der Waals surface area contributed by atoms with E-state index in [2.05, 4.69) is 34.8 Å². The van der Waals surface area contributed by atoms with Crippen LogP contribution in [0, 0.1) is 5.92 Å². The van der Waals surface area contributed by atoms with E-state index in [-0.39, 0.29) is 6.04 Å². The number of aromatic nitrogens is 1. The summed E-state index contributed by atoms with van der Waals surface area (Å²) in [5, 5.41) is 0. The smallest absolute Gasteiger partial charge is 0.0715 e. The van der Waals surface area contributed by atoms with Crippen molar-refractivity contribution in [1.82, 2.24) is 4.98 Å². The zero-order valence-electron chi connectivity index (χ0n) is 7.29. The summed E-state index contributed by atoms with van der Waals surface area (Å²) < 4.78 is 0.992. The first-order chi connectivity index (χ1) is 5.63. The summed E-state index contributed by atoms with van der Waals surface area (Å²) in [6.45, 7) is 4.18. The van der Waals surface area contributed by atoms with Gasteiger partial charge in [-0.3, -0.25) is 4.98 Å². The van der Waals surface area contributed by atoms with Gasteiger partial charge in [0.25, 0.3) is 0 Å². The molecular formula is C9H13BrN2. The van der Waals surface area contributed by atoms with Crippen LogP contribution in [-0.4, -0.2) is 4.98 Å². The van der Waals surface area contributed by atoms with Gasteiger partial charge in [0.2, 0.25) is 0 Å². The monoisotopic (exact) mass is 228 g/mol. The van der Waals surface area contributed by atoms with E-state index >= 15 is 0 Å². The van der Waals surface area contributed by atoms with Crippen LogP contribution in [0.25, 0.3) is 0 Å². The maximum absolute atomic E-state index is 5.95. The molecule has 0 spiro atoms. The highest BCUT2D eigenvalue weighted by molar-refractivity contribution is 9.10. The van der Waals surface area contributed by atoms with Crippen LogP contribution in [0.15, 0.2) is 22.8 Å². The van der Waals surface area contributed by atoms with E-state index in [1.54, 1.807) is 6.20 Å². The molecule has 0 bridgehead atoms. The standard InChI is InChI=1S/C9H13BrN2/c1-6(2)8(11)9-7(10)4-3-5-12-9/h3-6,8H,11H2,1-2H3. The maximum Gasteiger partial charge on any atom is 0.0715 e. The van der Waals surface area contributed by atoms with Crippen molar-refractivity contribution in [3.8, 4) is 0 Å². The first-order valence-corrected chi connectivity index (χ1v) is 4.78. The molecular weight excluding hydrogens is 216 g/mol. The fourth-order valence-corrected chi connectivity index (χ4v) is 1.48. The summed E-state index contributed by atoms with van der Waals surface area (Å²) in [6, 6.07) is 3.87. The third-order valence-electron chi connectivity index (χ3n) is 1.82. The normalized spacial score (nSPS) is 13.4. The summed E-state index contributed by atoms with van der Waals surface area (Å²) in [7, 11) is 0. The molecule has 1 rings (SSSR count). The third-order valence-corrected chi connectivity index (χ3v) is 2.49. The second kappa shape index (κ2) is 4.01. The van der Waals surface area contributed by atoms with E-state index in [1.165, 1.54) is 0 Å². The molecule has 2 N–H and O–H groups in total. The van der Waals surface area contributed by atoms with E-state index in [4.69, 9.17) is 5.73 Å². The van der Waals surface area contributed by atoms with Gasteiger partial charge in [-0.2, -0.15) is 0 Å². The minimum Gasteiger partial charge on any atom is -0.322 e. The molecule has 3 heteroatoms. The molecule has 1 heterocycles. The number of nitrogens with two attached hydrogens (primary N) is 1. The van der Waals surface area contributed by atoms with Gasteiger partial charge in [0.1, 0.15) is 0 Å². The van der Waals surface area contributed by atoms with Gasteiger partial charge in [0.05, 0.1) is 11.7 Å². The lowest BCUT2D eigenvalue weighted by Gasteiger charge is -2.15. The van der Waals surface area contributed by atoms with Gasteiger partial charge in [-0.15, -0.1) is 0 Å². The second-order valence-electron chi connectivity index (χ2n) is 3.14. The van der Waals surface area contributed by atoms with Gasteiger partial charge in [-0.1, -0.05) is 13.8 Å². The van der Waals surface area contributed by atoms with Crippen LogP contribution in [0.2, 0.25) is 0 Å². The number of hydrogen-bond acceptors (Lipinski definition) is 2. The van der Waals surface area contributed by atoms with E-state index in [0.29, 0.717) is 5.92 Å². The Morgan fingerprint density at radius 1 is 1.50 bits per heavy atom. The van der Waals surface area contributed by atoms with Crippen molar-refractivity contribution in [2.45, 2.75) is 19.9 Å². The summed E-state index contributed by atoms with van der Waals surface area (Å²) in [5.74, 6) is 0.413. The highest BCUT2D eigenvalue weighted by Gasteiger charge is 2.13. The van der Waals surface area contributed by atoms with Crippen molar-refractivity contribution in [1.29, 1.82) is 0 Å². The topological polar surface area (TPSA) is 38.9 Å². The molecule has 0 aromatic carbocycles. The molecule has 0 saturated heterocycles. The molecule has 0 amide bonds. The molecule has 1 atom stereocenters. The Balaban J connectivity index is 2.94. The quantitative estimate of drug-likeness (QED) is 0.846. The molecule has 0 fully saturated rings. The van der Waals surface area contributed by atoms with Crippen molar-refractivity contribution in [2.24, 2.45) is 11.7 Å². The molecule has 0 saturated carbocycles. The lowest BCUT2D eigenvalue weighted by atomic mass is 10.0. The molecule has 0 radical (unpaired) electrons. The lowest BCUT2D eigenvalue weighted by Crippen LogP contribution is -2.18. The molecule has 0 aliphatic heterocycles. The first-order valence-electron chi connectivity index (χ1n) is 3.99. The fourth-order valence-electron chi connectivity index (χ4n) is 0.959. The van der Waals surface area contributed by atoms with Crippen LogP contribution in [0.1, 0.15) is 25.6 Å². The largest absolute Gasteiger partial charge is 0.322 e. The Kier molecular flexibility index (Phi) is 3.23. The molecule has 12 heavy (non-hydrogen) atoms. The van der Waals surface area contributed by atoms with Crippen molar-refractivity contribution in [2.75, 3.05) is 0 Å². The predicted octanol–water partition coefficient (Wildman–Crippen LogP) is 2.50. The minimum atomic E-state index is 0.0144. The first kappa shape index (κ1) is 9.68. The van der Waals surface area contributed by atoms with Gasteiger partial charge >= 0.3 is 0 Å². The van der Waals surface area contributed by atoms with Crippen LogP contribution in [0.4, 0.5) is 0 Å². The molecule has 66 valence electrons. The molecule has 1 aromatic heterocycles. The Hall–Kier alpha value is -0.410. The average molecular weight is 229 g/mol. The van der Waals surface area contributed by atoms with Crippen LogP contribution >= 0.6 is 15.9 Å². The van der Waals surface area contributed by atoms with E-state index < -0.39 is 0 Å². The zero-order valence-corrected chi connectivity index (χ0v) is 8.88. The van der Waals surface area contributed by atoms with E-state index in [0.717, 1.165) is 10.2 Å². The van der Waals surface area contributed by atoms with E-state index in [1.807, 2.05) is 12.1 Å². The Bertz CT molecular complexity index is 260. The molecule has 2 nitrogen and oxygen atoms in total. The zero-order chi connectivity index (χ0) is 9.14. The summed E-state index contributed by atoms with van der Waals surface area (Å²) >= 11 is 3.42. The van der Waals surface area contributed by atoms with Gasteiger partial charge in [0.15, 0.2) is 0 Å². The third kappa shape index (κ3) is 2.05. The Morgan fingerprint density at radius 3 is 2.67 bits per heavy atom. The Labute approximate surface area is 81.3 Å². The van der Waals surface area contributed by atoms with Crippen LogP contribution in [0.3, 0.4) is 0 Å². The van der Waals surface area contributed by atoms with Gasteiger partial charge in [-0.25, -0.2) is 0 Å². The predicted molar refractivity (Wildman–Crippen MR) is 53.7 cm³/mol. The highest BCUT2D eigenvalue weighted by atomic mass is 79.9. The van der Waals surface area contributed by atoms with E-state index in [9.17, 15) is 0 Å². The lowest BCUT2D eigenvalue weighted by molar-refractivity contribution is 0.501. The van der Waals surface area contributed by atoms with Gasteiger partial charge < -0.3 is 5.73 Å². The number of rotatable bonds is 2. The highest BCUT2D eigenvalue weighted by Crippen LogP contribution is 2.23. The summed E-state index contributed by atoms with van der Waals surface area (Å²) in [5.41, 5.74) is 6.88. The molecule has 1 unspecified atom stereocenters. The van der Waals surface area contributed by atoms with Crippen molar-refractivity contribution in [3.63, 3.8) is 0 Å². The van der Waals surface area contributed by atoms with Gasteiger partial charge in [-0.05, 0) is 34.0 Å². The molecule has 0 aliphatic carbocycles.